The average Bonchev–Trinajstić information content (AvgIpc) is 3.98. The first-order valence-electron chi connectivity index (χ1n) is 19.2. The SMILES string of the molecule is C1=CC(c2ccc(-c3nc(-c4ccc5oc6ccccc6c5c4)nc(-c4cccc5oc6c(-c7cccc8oc9ccccc9c78)cccc6c45)n3)cc2)=CCC1. The van der Waals surface area contributed by atoms with Crippen LogP contribution >= 0.6 is 0 Å². The number of fused-ring (bicyclic) bond motifs is 9. The highest BCUT2D eigenvalue weighted by molar-refractivity contribution is 6.19. The maximum atomic E-state index is 6.80. The molecule has 6 heteroatoms. The van der Waals surface area contributed by atoms with Gasteiger partial charge in [-0.1, -0.05) is 121 Å². The van der Waals surface area contributed by atoms with Gasteiger partial charge in [-0.25, -0.2) is 15.0 Å². The van der Waals surface area contributed by atoms with Crippen LogP contribution in [0.2, 0.25) is 0 Å². The monoisotopic (exact) mass is 733 g/mol. The van der Waals surface area contributed by atoms with E-state index in [9.17, 15) is 0 Å². The quantitative estimate of drug-likeness (QED) is 0.175. The fourth-order valence-corrected chi connectivity index (χ4v) is 8.50. The summed E-state index contributed by atoms with van der Waals surface area (Å²) in [5.74, 6) is 1.74. The molecule has 0 unspecified atom stereocenters. The lowest BCUT2D eigenvalue weighted by molar-refractivity contribution is 0.668. The summed E-state index contributed by atoms with van der Waals surface area (Å²) >= 11 is 0. The van der Waals surface area contributed by atoms with Gasteiger partial charge in [0, 0.05) is 54.6 Å². The van der Waals surface area contributed by atoms with Gasteiger partial charge in [0.1, 0.15) is 33.5 Å². The molecule has 0 spiro atoms. The molecule has 4 heterocycles. The zero-order chi connectivity index (χ0) is 37.5. The van der Waals surface area contributed by atoms with Crippen molar-refractivity contribution in [3.8, 4) is 45.3 Å². The van der Waals surface area contributed by atoms with Crippen LogP contribution in [0.25, 0.3) is 117 Å². The molecule has 0 fully saturated rings. The lowest BCUT2D eigenvalue weighted by Gasteiger charge is -2.11. The van der Waals surface area contributed by atoms with Crippen LogP contribution in [-0.4, -0.2) is 15.0 Å². The van der Waals surface area contributed by atoms with E-state index in [0.29, 0.717) is 17.5 Å². The molecule has 0 amide bonds. The Hall–Kier alpha value is -7.57. The van der Waals surface area contributed by atoms with Crippen molar-refractivity contribution in [1.82, 2.24) is 15.0 Å². The van der Waals surface area contributed by atoms with Gasteiger partial charge in [-0.05, 0) is 72.0 Å². The summed E-state index contributed by atoms with van der Waals surface area (Å²) in [6, 6.07) is 49.6. The summed E-state index contributed by atoms with van der Waals surface area (Å²) in [6.07, 6.45) is 8.86. The minimum Gasteiger partial charge on any atom is -0.456 e. The normalized spacial score (nSPS) is 13.2. The Kier molecular flexibility index (Phi) is 6.95. The second-order valence-corrected chi connectivity index (χ2v) is 14.6. The molecule has 0 radical (unpaired) electrons. The highest BCUT2D eigenvalue weighted by Gasteiger charge is 2.22. The Morgan fingerprint density at radius 2 is 0.965 bits per heavy atom. The Bertz CT molecular complexity index is 3470. The molecule has 11 aromatic rings. The van der Waals surface area contributed by atoms with Gasteiger partial charge >= 0.3 is 0 Å². The Balaban J connectivity index is 1.07. The first-order valence-corrected chi connectivity index (χ1v) is 19.2. The summed E-state index contributed by atoms with van der Waals surface area (Å²) in [5, 5.41) is 6.14. The van der Waals surface area contributed by atoms with E-state index < -0.39 is 0 Å². The van der Waals surface area contributed by atoms with E-state index in [4.69, 9.17) is 28.2 Å². The largest absolute Gasteiger partial charge is 0.456 e. The second-order valence-electron chi connectivity index (χ2n) is 14.6. The zero-order valence-electron chi connectivity index (χ0n) is 30.6. The first kappa shape index (κ1) is 31.7. The van der Waals surface area contributed by atoms with Gasteiger partial charge in [-0.2, -0.15) is 0 Å². The van der Waals surface area contributed by atoms with Gasteiger partial charge < -0.3 is 13.3 Å². The molecule has 6 nitrogen and oxygen atoms in total. The van der Waals surface area contributed by atoms with Crippen molar-refractivity contribution >= 4 is 71.4 Å². The molecule has 12 rings (SSSR count). The van der Waals surface area contributed by atoms with Crippen molar-refractivity contribution in [1.29, 1.82) is 0 Å². The van der Waals surface area contributed by atoms with Crippen LogP contribution in [0.4, 0.5) is 0 Å². The van der Waals surface area contributed by atoms with Crippen molar-refractivity contribution in [3.05, 3.63) is 169 Å². The first-order chi connectivity index (χ1) is 28.2. The van der Waals surface area contributed by atoms with Crippen LogP contribution in [0.3, 0.4) is 0 Å². The molecule has 0 atom stereocenters. The Morgan fingerprint density at radius 1 is 0.386 bits per heavy atom. The van der Waals surface area contributed by atoms with Gasteiger partial charge in [0.2, 0.25) is 0 Å². The molecule has 7 aromatic carbocycles. The number of rotatable bonds is 5. The van der Waals surface area contributed by atoms with Crippen molar-refractivity contribution in [2.75, 3.05) is 0 Å². The Labute approximate surface area is 326 Å². The molecular weight excluding hydrogens is 703 g/mol. The number of benzene rings is 7. The van der Waals surface area contributed by atoms with E-state index in [1.54, 1.807) is 0 Å². The fraction of sp³-hybridized carbons (Fsp3) is 0.0392. The van der Waals surface area contributed by atoms with Crippen LogP contribution in [-0.2, 0) is 0 Å². The van der Waals surface area contributed by atoms with Crippen LogP contribution < -0.4 is 0 Å². The maximum Gasteiger partial charge on any atom is 0.164 e. The summed E-state index contributed by atoms with van der Waals surface area (Å²) in [4.78, 5) is 15.6. The molecule has 1 aliphatic rings. The number of hydrogen-bond donors (Lipinski definition) is 0. The minimum atomic E-state index is 0.566. The lowest BCUT2D eigenvalue weighted by atomic mass is 9.97. The summed E-state index contributed by atoms with van der Waals surface area (Å²) < 4.78 is 19.2. The van der Waals surface area contributed by atoms with Crippen LogP contribution in [0.15, 0.2) is 177 Å². The minimum absolute atomic E-state index is 0.566. The third kappa shape index (κ3) is 5.07. The highest BCUT2D eigenvalue weighted by atomic mass is 16.3. The highest BCUT2D eigenvalue weighted by Crippen LogP contribution is 2.44. The van der Waals surface area contributed by atoms with Crippen LogP contribution in [0.5, 0.6) is 0 Å². The summed E-state index contributed by atoms with van der Waals surface area (Å²) in [7, 11) is 0. The number of allylic oxidation sites excluding steroid dienone is 4. The van der Waals surface area contributed by atoms with Crippen molar-refractivity contribution < 1.29 is 13.3 Å². The summed E-state index contributed by atoms with van der Waals surface area (Å²) in [5.41, 5.74) is 12.0. The Morgan fingerprint density at radius 3 is 1.79 bits per heavy atom. The van der Waals surface area contributed by atoms with E-state index in [0.717, 1.165) is 106 Å². The van der Waals surface area contributed by atoms with Crippen LogP contribution in [0.1, 0.15) is 18.4 Å². The molecule has 0 N–H and O–H groups in total. The van der Waals surface area contributed by atoms with Crippen molar-refractivity contribution in [3.63, 3.8) is 0 Å². The number of para-hydroxylation sites is 3. The zero-order valence-corrected chi connectivity index (χ0v) is 30.6. The van der Waals surface area contributed by atoms with Crippen molar-refractivity contribution in [2.24, 2.45) is 0 Å². The lowest BCUT2D eigenvalue weighted by Crippen LogP contribution is -2.00. The van der Waals surface area contributed by atoms with Gasteiger partial charge in [-0.15, -0.1) is 0 Å². The van der Waals surface area contributed by atoms with Gasteiger partial charge in [0.05, 0.1) is 0 Å². The van der Waals surface area contributed by atoms with E-state index >= 15 is 0 Å². The molecule has 268 valence electrons. The van der Waals surface area contributed by atoms with Gasteiger partial charge in [0.25, 0.3) is 0 Å². The number of nitrogens with zero attached hydrogens (tertiary/aromatic N) is 3. The predicted octanol–water partition coefficient (Wildman–Crippen LogP) is 14.0. The molecule has 0 saturated carbocycles. The number of furan rings is 3. The molecule has 0 aliphatic heterocycles. The smallest absolute Gasteiger partial charge is 0.164 e. The molecule has 57 heavy (non-hydrogen) atoms. The van der Waals surface area contributed by atoms with E-state index in [1.807, 2.05) is 66.7 Å². The molecule has 4 aromatic heterocycles. The molecule has 0 saturated heterocycles. The molecule has 1 aliphatic carbocycles. The third-order valence-corrected chi connectivity index (χ3v) is 11.2. The molecule has 0 bridgehead atoms. The topological polar surface area (TPSA) is 78.1 Å². The van der Waals surface area contributed by atoms with Crippen LogP contribution in [0, 0.1) is 0 Å². The second kappa shape index (κ2) is 12.5. The van der Waals surface area contributed by atoms with Gasteiger partial charge in [-0.3, -0.25) is 0 Å². The fourth-order valence-electron chi connectivity index (χ4n) is 8.50. The number of aromatic nitrogens is 3. The van der Waals surface area contributed by atoms with E-state index in [-0.39, 0.29) is 0 Å². The van der Waals surface area contributed by atoms with E-state index in [2.05, 4.69) is 97.1 Å². The number of hydrogen-bond acceptors (Lipinski definition) is 6. The third-order valence-electron chi connectivity index (χ3n) is 11.2. The van der Waals surface area contributed by atoms with Gasteiger partial charge in [0.15, 0.2) is 17.5 Å². The van der Waals surface area contributed by atoms with E-state index in [1.165, 1.54) is 11.1 Å². The molecular formula is C51H31N3O3. The van der Waals surface area contributed by atoms with Crippen molar-refractivity contribution in [2.45, 2.75) is 12.8 Å². The maximum absolute atomic E-state index is 6.80. The average molecular weight is 734 g/mol. The predicted molar refractivity (Wildman–Crippen MR) is 230 cm³/mol. The standard InChI is InChI=1S/C51H31N3O3/c1-2-11-30(12-3-1)31-23-25-32(26-24-31)49-52-50(33-27-28-43-40(29-33)34-13-4-6-19-41(34)55-43)54-51(53-49)39-18-10-22-45-47(39)38-17-8-16-36(48(38)57-45)35-15-9-21-44-46(35)37-14-5-7-20-42(37)56-44/h2,4-29H,1,3H2. The summed E-state index contributed by atoms with van der Waals surface area (Å²) in [6.45, 7) is 0.